The summed E-state index contributed by atoms with van der Waals surface area (Å²) < 4.78 is 0. The Morgan fingerprint density at radius 3 is 2.65 bits per heavy atom. The quantitative estimate of drug-likeness (QED) is 0.846. The van der Waals surface area contributed by atoms with Gasteiger partial charge in [-0.1, -0.05) is 6.92 Å². The van der Waals surface area contributed by atoms with Crippen LogP contribution in [0, 0.1) is 5.92 Å². The van der Waals surface area contributed by atoms with Crippen LogP contribution in [-0.2, 0) is 0 Å². The lowest BCUT2D eigenvalue weighted by Crippen LogP contribution is -2.39. The van der Waals surface area contributed by atoms with Crippen molar-refractivity contribution in [1.82, 2.24) is 15.1 Å². The van der Waals surface area contributed by atoms with Gasteiger partial charge in [-0.15, -0.1) is 10.2 Å². The van der Waals surface area contributed by atoms with Crippen molar-refractivity contribution in [1.29, 1.82) is 0 Å². The number of piperidine rings is 1. The molecule has 0 bridgehead atoms. The molecule has 1 saturated heterocycles. The van der Waals surface area contributed by atoms with Crippen LogP contribution >= 0.6 is 0 Å². The van der Waals surface area contributed by atoms with Gasteiger partial charge < -0.3 is 9.80 Å². The molecule has 110 valence electrons. The molecule has 5 nitrogen and oxygen atoms in total. The smallest absolute Gasteiger partial charge is 0.274 e. The van der Waals surface area contributed by atoms with Crippen molar-refractivity contribution in [2.45, 2.75) is 33.6 Å². The predicted octanol–water partition coefficient (Wildman–Crippen LogP) is 2.19. The molecule has 5 heteroatoms. The fraction of sp³-hybridized carbons (Fsp3) is 0.667. The third-order valence-corrected chi connectivity index (χ3v) is 3.90. The van der Waals surface area contributed by atoms with E-state index in [1.165, 1.54) is 6.42 Å². The standard InChI is InChI=1S/C15H24N4O/c1-4-18(5-2)14-9-8-13(16-17-14)15(20)19-10-6-7-12(3)11-19/h8-9,12H,4-7,10-11H2,1-3H3. The van der Waals surface area contributed by atoms with Crippen LogP contribution in [0.15, 0.2) is 12.1 Å². The first kappa shape index (κ1) is 14.8. The third-order valence-electron chi connectivity index (χ3n) is 3.90. The minimum atomic E-state index is 0.00940. The van der Waals surface area contributed by atoms with Crippen molar-refractivity contribution in [3.8, 4) is 0 Å². The van der Waals surface area contributed by atoms with Gasteiger partial charge in [-0.3, -0.25) is 4.79 Å². The Morgan fingerprint density at radius 1 is 1.35 bits per heavy atom. The van der Waals surface area contributed by atoms with Gasteiger partial charge in [0.1, 0.15) is 0 Å². The van der Waals surface area contributed by atoms with E-state index in [1.54, 1.807) is 6.07 Å². The van der Waals surface area contributed by atoms with Crippen LogP contribution in [0.5, 0.6) is 0 Å². The second-order valence-corrected chi connectivity index (χ2v) is 5.45. The van der Waals surface area contributed by atoms with Crippen LogP contribution < -0.4 is 4.90 Å². The Balaban J connectivity index is 2.07. The van der Waals surface area contributed by atoms with Crippen molar-refractivity contribution in [3.63, 3.8) is 0 Å². The number of hydrogen-bond donors (Lipinski definition) is 0. The molecule has 2 rings (SSSR count). The van der Waals surface area contributed by atoms with E-state index in [9.17, 15) is 4.79 Å². The van der Waals surface area contributed by atoms with Crippen LogP contribution in [0.4, 0.5) is 5.82 Å². The highest BCUT2D eigenvalue weighted by molar-refractivity contribution is 5.92. The molecule has 1 aliphatic rings. The summed E-state index contributed by atoms with van der Waals surface area (Å²) in [5, 5.41) is 8.30. The maximum absolute atomic E-state index is 12.4. The Labute approximate surface area is 121 Å². The summed E-state index contributed by atoms with van der Waals surface area (Å²) in [5.74, 6) is 1.42. The first-order valence-electron chi connectivity index (χ1n) is 7.53. The topological polar surface area (TPSA) is 49.3 Å². The molecule has 1 fully saturated rings. The SMILES string of the molecule is CCN(CC)c1ccc(C(=O)N2CCCC(C)C2)nn1. The molecule has 1 atom stereocenters. The molecule has 0 N–H and O–H groups in total. The normalized spacial score (nSPS) is 18.9. The number of carbonyl (C=O) groups is 1. The zero-order valence-electron chi connectivity index (χ0n) is 12.7. The van der Waals surface area contributed by atoms with Crippen LogP contribution in [0.2, 0.25) is 0 Å². The van der Waals surface area contributed by atoms with Crippen LogP contribution in [0.1, 0.15) is 44.1 Å². The summed E-state index contributed by atoms with van der Waals surface area (Å²) in [4.78, 5) is 16.4. The van der Waals surface area contributed by atoms with Crippen molar-refractivity contribution < 1.29 is 4.79 Å². The first-order chi connectivity index (χ1) is 9.65. The number of nitrogens with zero attached hydrogens (tertiary/aromatic N) is 4. The number of rotatable bonds is 4. The predicted molar refractivity (Wildman–Crippen MR) is 79.9 cm³/mol. The van der Waals surface area contributed by atoms with E-state index in [4.69, 9.17) is 0 Å². The lowest BCUT2D eigenvalue weighted by atomic mass is 10.00. The summed E-state index contributed by atoms with van der Waals surface area (Å²) in [7, 11) is 0. The maximum atomic E-state index is 12.4. The summed E-state index contributed by atoms with van der Waals surface area (Å²) in [6.45, 7) is 9.80. The van der Waals surface area contributed by atoms with Crippen LogP contribution in [0.25, 0.3) is 0 Å². The van der Waals surface area contributed by atoms with Gasteiger partial charge >= 0.3 is 0 Å². The van der Waals surface area contributed by atoms with Crippen LogP contribution in [-0.4, -0.2) is 47.2 Å². The van der Waals surface area contributed by atoms with Crippen molar-refractivity contribution in [3.05, 3.63) is 17.8 Å². The average molecular weight is 276 g/mol. The zero-order valence-corrected chi connectivity index (χ0v) is 12.7. The highest BCUT2D eigenvalue weighted by Crippen LogP contribution is 2.17. The van der Waals surface area contributed by atoms with E-state index in [0.29, 0.717) is 11.6 Å². The van der Waals surface area contributed by atoms with Crippen molar-refractivity contribution >= 4 is 11.7 Å². The molecule has 1 aliphatic heterocycles. The zero-order chi connectivity index (χ0) is 14.5. The van der Waals surface area contributed by atoms with Gasteiger partial charge in [0.15, 0.2) is 11.5 Å². The third kappa shape index (κ3) is 3.26. The highest BCUT2D eigenvalue weighted by Gasteiger charge is 2.23. The highest BCUT2D eigenvalue weighted by atomic mass is 16.2. The lowest BCUT2D eigenvalue weighted by molar-refractivity contribution is 0.0676. The molecule has 1 aromatic heterocycles. The molecule has 0 saturated carbocycles. The fourth-order valence-electron chi connectivity index (χ4n) is 2.69. The van der Waals surface area contributed by atoms with Gasteiger partial charge in [-0.25, -0.2) is 0 Å². The van der Waals surface area contributed by atoms with Gasteiger partial charge in [0.05, 0.1) is 0 Å². The molecule has 20 heavy (non-hydrogen) atoms. The monoisotopic (exact) mass is 276 g/mol. The number of anilines is 1. The second-order valence-electron chi connectivity index (χ2n) is 5.45. The molecule has 0 spiro atoms. The summed E-state index contributed by atoms with van der Waals surface area (Å²) in [5.41, 5.74) is 0.454. The Bertz CT molecular complexity index is 442. The van der Waals surface area contributed by atoms with E-state index in [0.717, 1.165) is 38.4 Å². The van der Waals surface area contributed by atoms with Crippen molar-refractivity contribution in [2.24, 2.45) is 5.92 Å². The number of likely N-dealkylation sites (tertiary alicyclic amines) is 1. The Kier molecular flexibility index (Phi) is 4.93. The van der Waals surface area contributed by atoms with Gasteiger partial charge in [-0.05, 0) is 44.7 Å². The molecular formula is C15H24N4O. The molecule has 1 amide bonds. The lowest BCUT2D eigenvalue weighted by Gasteiger charge is -2.30. The van der Waals surface area contributed by atoms with Gasteiger partial charge in [0.2, 0.25) is 0 Å². The van der Waals surface area contributed by atoms with Crippen molar-refractivity contribution in [2.75, 3.05) is 31.1 Å². The second kappa shape index (κ2) is 6.68. The van der Waals surface area contributed by atoms with E-state index < -0.39 is 0 Å². The molecule has 1 unspecified atom stereocenters. The van der Waals surface area contributed by atoms with Gasteiger partial charge in [0, 0.05) is 26.2 Å². The minimum Gasteiger partial charge on any atom is -0.356 e. The van der Waals surface area contributed by atoms with Gasteiger partial charge in [-0.2, -0.15) is 0 Å². The minimum absolute atomic E-state index is 0.00940. The largest absolute Gasteiger partial charge is 0.356 e. The van der Waals surface area contributed by atoms with E-state index in [1.807, 2.05) is 11.0 Å². The van der Waals surface area contributed by atoms with Gasteiger partial charge in [0.25, 0.3) is 5.91 Å². The summed E-state index contributed by atoms with van der Waals surface area (Å²) in [6.07, 6.45) is 2.29. The summed E-state index contributed by atoms with van der Waals surface area (Å²) >= 11 is 0. The molecule has 0 aliphatic carbocycles. The average Bonchev–Trinajstić information content (AvgIpc) is 2.48. The molecule has 1 aromatic rings. The molecule has 0 radical (unpaired) electrons. The Morgan fingerprint density at radius 2 is 2.10 bits per heavy atom. The number of carbonyl (C=O) groups excluding carboxylic acids is 1. The van der Waals surface area contributed by atoms with E-state index in [2.05, 4.69) is 35.9 Å². The number of aromatic nitrogens is 2. The maximum Gasteiger partial charge on any atom is 0.274 e. The molecule has 2 heterocycles. The number of amides is 1. The summed E-state index contributed by atoms with van der Waals surface area (Å²) in [6, 6.07) is 3.68. The molecule has 0 aromatic carbocycles. The number of hydrogen-bond acceptors (Lipinski definition) is 4. The van der Waals surface area contributed by atoms with E-state index in [-0.39, 0.29) is 5.91 Å². The Hall–Kier alpha value is -1.65. The molecular weight excluding hydrogens is 252 g/mol. The van der Waals surface area contributed by atoms with E-state index >= 15 is 0 Å². The fourth-order valence-corrected chi connectivity index (χ4v) is 2.69. The first-order valence-corrected chi connectivity index (χ1v) is 7.53. The van der Waals surface area contributed by atoms with Crippen LogP contribution in [0.3, 0.4) is 0 Å².